The van der Waals surface area contributed by atoms with Gasteiger partial charge in [-0.05, 0) is 58.5 Å². The third kappa shape index (κ3) is 5.96. The Hall–Kier alpha value is -4.05. The van der Waals surface area contributed by atoms with Gasteiger partial charge in [-0.3, -0.25) is 4.57 Å². The summed E-state index contributed by atoms with van der Waals surface area (Å²) in [6.45, 7) is 16.1. The van der Waals surface area contributed by atoms with Gasteiger partial charge in [-0.2, -0.15) is 12.1 Å². The molecule has 5 heteroatoms. The van der Waals surface area contributed by atoms with Gasteiger partial charge >= 0.3 is 20.1 Å². The Balaban J connectivity index is 0.000000250. The van der Waals surface area contributed by atoms with Crippen LogP contribution in [0, 0.1) is 18.5 Å². The van der Waals surface area contributed by atoms with Crippen molar-refractivity contribution in [3.05, 3.63) is 132 Å². The van der Waals surface area contributed by atoms with Crippen molar-refractivity contribution in [3.8, 4) is 34.1 Å². The molecule has 2 aliphatic rings. The van der Waals surface area contributed by atoms with Crippen LogP contribution < -0.4 is 9.30 Å². The van der Waals surface area contributed by atoms with Crippen molar-refractivity contribution in [2.24, 2.45) is 0 Å². The van der Waals surface area contributed by atoms with Gasteiger partial charge in [0.1, 0.15) is 11.3 Å². The van der Waals surface area contributed by atoms with Gasteiger partial charge in [0.05, 0.1) is 11.2 Å². The Bertz CT molecular complexity index is 2000. The summed E-state index contributed by atoms with van der Waals surface area (Å²) in [5.74, 6) is 1.82. The van der Waals surface area contributed by atoms with Crippen LogP contribution in [0.2, 0.25) is 0 Å². The first-order chi connectivity index (χ1) is 21.9. The van der Waals surface area contributed by atoms with Crippen molar-refractivity contribution in [2.75, 3.05) is 0 Å². The van der Waals surface area contributed by atoms with E-state index in [0.29, 0.717) is 0 Å². The fourth-order valence-corrected chi connectivity index (χ4v) is 6.73. The van der Waals surface area contributed by atoms with E-state index in [1.165, 1.54) is 23.1 Å². The Morgan fingerprint density at radius 2 is 1.57 bits per heavy atom. The Labute approximate surface area is 292 Å². The molecule has 3 heterocycles. The molecule has 0 N–H and O–H groups in total. The number of aromatic nitrogens is 3. The molecule has 4 aromatic carbocycles. The van der Waals surface area contributed by atoms with E-state index in [-0.39, 0.29) is 36.4 Å². The Morgan fingerprint density at radius 3 is 2.26 bits per heavy atom. The van der Waals surface area contributed by atoms with Gasteiger partial charge in [0.25, 0.3) is 6.33 Å². The predicted molar refractivity (Wildman–Crippen MR) is 185 cm³/mol. The minimum atomic E-state index is 0. The van der Waals surface area contributed by atoms with E-state index in [9.17, 15) is 0 Å². The molecule has 0 spiro atoms. The Morgan fingerprint density at radius 1 is 0.830 bits per heavy atom. The first kappa shape index (κ1) is 32.9. The van der Waals surface area contributed by atoms with Crippen molar-refractivity contribution in [1.29, 1.82) is 0 Å². The molecule has 0 saturated heterocycles. The summed E-state index contributed by atoms with van der Waals surface area (Å²) in [5.41, 5.74) is 10.5. The van der Waals surface area contributed by atoms with E-state index in [0.717, 1.165) is 51.6 Å². The van der Waals surface area contributed by atoms with E-state index >= 15 is 0 Å². The van der Waals surface area contributed by atoms with Crippen molar-refractivity contribution < 1.29 is 29.4 Å². The van der Waals surface area contributed by atoms with Gasteiger partial charge in [0.15, 0.2) is 0 Å². The van der Waals surface area contributed by atoms with Crippen LogP contribution in [0.5, 0.6) is 11.5 Å². The standard InChI is InChI=1S/C31H33N2O.C11H8N.Ir/c1-29(2,3)20-11-13-21(14-12-20)32-19-33-24-16-15-22-26(31(6,7)18-17-30(22,4)5)28(24)34-25-10-8-9-23(32)27(25)33;1-2-6-10(7-3-1)11-8-4-5-9-12-11;/h8-15H,17-18H2,1-7H3;1-6,8-9H;/q2*-1;+3. The zero-order valence-corrected chi connectivity index (χ0v) is 30.6. The number of rotatable bonds is 2. The summed E-state index contributed by atoms with van der Waals surface area (Å²) in [6, 6.07) is 37.7. The maximum absolute atomic E-state index is 6.70. The normalized spacial score (nSPS) is 15.3. The second-order valence-corrected chi connectivity index (χ2v) is 14.8. The maximum Gasteiger partial charge on any atom is 3.00 e. The van der Waals surface area contributed by atoms with Crippen molar-refractivity contribution in [1.82, 2.24) is 9.55 Å². The summed E-state index contributed by atoms with van der Waals surface area (Å²) < 4.78 is 11.0. The van der Waals surface area contributed by atoms with Crippen LogP contribution in [0.15, 0.2) is 97.2 Å². The molecule has 0 fully saturated rings. The van der Waals surface area contributed by atoms with Gasteiger partial charge in [0, 0.05) is 11.9 Å². The van der Waals surface area contributed by atoms with Crippen molar-refractivity contribution in [2.45, 2.75) is 77.6 Å². The van der Waals surface area contributed by atoms with Gasteiger partial charge in [0.2, 0.25) is 0 Å². The van der Waals surface area contributed by atoms with Crippen LogP contribution in [-0.4, -0.2) is 9.55 Å². The molecular formula is C42H41IrN3O+. The summed E-state index contributed by atoms with van der Waals surface area (Å²) in [6.07, 6.45) is 7.73. The van der Waals surface area contributed by atoms with Crippen LogP contribution in [0.4, 0.5) is 0 Å². The number of nitrogens with zero attached hydrogens (tertiary/aromatic N) is 3. The minimum absolute atomic E-state index is 0. The molecule has 2 aromatic heterocycles. The summed E-state index contributed by atoms with van der Waals surface area (Å²) in [5, 5.41) is 0. The molecular weight excluding hydrogens is 755 g/mol. The predicted octanol–water partition coefficient (Wildman–Crippen LogP) is 9.81. The van der Waals surface area contributed by atoms with Crippen LogP contribution in [0.1, 0.15) is 78.0 Å². The number of ether oxygens (including phenoxy) is 1. The van der Waals surface area contributed by atoms with Crippen LogP contribution >= 0.6 is 0 Å². The molecule has 238 valence electrons. The number of imidazole rings is 1. The average Bonchev–Trinajstić information content (AvgIpc) is 3.45. The quantitative estimate of drug-likeness (QED) is 0.129. The molecule has 0 radical (unpaired) electrons. The number of benzene rings is 4. The zero-order valence-electron chi connectivity index (χ0n) is 28.2. The maximum atomic E-state index is 6.70. The largest absolute Gasteiger partial charge is 3.00 e. The monoisotopic (exact) mass is 796 g/mol. The van der Waals surface area contributed by atoms with Crippen LogP contribution in [-0.2, 0) is 36.4 Å². The van der Waals surface area contributed by atoms with Gasteiger partial charge in [-0.1, -0.05) is 96.7 Å². The number of fused-ring (bicyclic) bond motifs is 4. The first-order valence-corrected chi connectivity index (χ1v) is 16.2. The molecule has 0 saturated carbocycles. The molecule has 1 aliphatic carbocycles. The minimum Gasteiger partial charge on any atom is -0.523 e. The van der Waals surface area contributed by atoms with Crippen molar-refractivity contribution in [3.63, 3.8) is 0 Å². The smallest absolute Gasteiger partial charge is 0.523 e. The third-order valence-corrected chi connectivity index (χ3v) is 9.56. The first-order valence-electron chi connectivity index (χ1n) is 16.2. The number of para-hydroxylation sites is 1. The van der Waals surface area contributed by atoms with Gasteiger partial charge in [-0.15, -0.1) is 47.0 Å². The van der Waals surface area contributed by atoms with E-state index in [1.807, 2.05) is 42.5 Å². The molecule has 6 aromatic rings. The van der Waals surface area contributed by atoms with Crippen LogP contribution in [0.3, 0.4) is 0 Å². The second-order valence-electron chi connectivity index (χ2n) is 14.8. The molecule has 8 rings (SSSR count). The molecule has 1 aliphatic heterocycles. The van der Waals surface area contributed by atoms with E-state index < -0.39 is 0 Å². The van der Waals surface area contributed by atoms with E-state index in [2.05, 4.69) is 130 Å². The van der Waals surface area contributed by atoms with Crippen LogP contribution in [0.25, 0.3) is 33.7 Å². The summed E-state index contributed by atoms with van der Waals surface area (Å²) in [7, 11) is 0. The topological polar surface area (TPSA) is 30.9 Å². The fourth-order valence-electron chi connectivity index (χ4n) is 6.73. The molecule has 0 amide bonds. The average molecular weight is 796 g/mol. The SMILES string of the molecule is CC(C)(C)c1ccc(-n2[c-][n+]3c4c(cccc42)Oc2c-3[c-]cc3c2C(C)(C)CCC3(C)C)cc1.[Ir+3].[c-]1ccccc1-c1ccccn1. The Kier molecular flexibility index (Phi) is 8.53. The van der Waals surface area contributed by atoms with Crippen molar-refractivity contribution >= 4 is 11.0 Å². The number of pyridine rings is 1. The number of hydrogen-bond acceptors (Lipinski definition) is 2. The molecule has 0 bridgehead atoms. The van der Waals surface area contributed by atoms with E-state index in [4.69, 9.17) is 4.74 Å². The number of hydrogen-bond donors (Lipinski definition) is 0. The molecule has 4 nitrogen and oxygen atoms in total. The summed E-state index contributed by atoms with van der Waals surface area (Å²) >= 11 is 0. The zero-order chi connectivity index (χ0) is 32.3. The van der Waals surface area contributed by atoms with E-state index in [1.54, 1.807) is 6.20 Å². The summed E-state index contributed by atoms with van der Waals surface area (Å²) in [4.78, 5) is 4.22. The molecule has 0 atom stereocenters. The van der Waals surface area contributed by atoms with Gasteiger partial charge in [-0.25, -0.2) is 0 Å². The fraction of sp³-hybridized carbons (Fsp3) is 0.286. The molecule has 0 unspecified atom stereocenters. The van der Waals surface area contributed by atoms with Gasteiger partial charge < -0.3 is 14.3 Å². The molecule has 47 heavy (non-hydrogen) atoms. The third-order valence-electron chi connectivity index (χ3n) is 9.56. The second kappa shape index (κ2) is 12.2.